The highest BCUT2D eigenvalue weighted by Gasteiger charge is 2.15. The molecule has 4 rings (SSSR count). The van der Waals surface area contributed by atoms with Crippen LogP contribution in [-0.2, 0) is 29.2 Å². The third kappa shape index (κ3) is 3.80. The van der Waals surface area contributed by atoms with Gasteiger partial charge in [-0.05, 0) is 41.3 Å². The molecule has 0 aliphatic carbocycles. The van der Waals surface area contributed by atoms with Crippen molar-refractivity contribution in [2.75, 3.05) is 5.32 Å². The number of aromatic nitrogens is 1. The second-order valence-electron chi connectivity index (χ2n) is 6.76. The Bertz CT molecular complexity index is 1050. The van der Waals surface area contributed by atoms with Crippen LogP contribution in [0, 0.1) is 6.92 Å². The van der Waals surface area contributed by atoms with E-state index in [2.05, 4.69) is 33.1 Å². The molecule has 3 aromatic rings. The van der Waals surface area contributed by atoms with E-state index in [9.17, 15) is 9.59 Å². The molecular formula is C21H20N4O2. The van der Waals surface area contributed by atoms with Gasteiger partial charge in [0.25, 0.3) is 0 Å². The van der Waals surface area contributed by atoms with Gasteiger partial charge in [-0.25, -0.2) is 0 Å². The number of rotatable bonds is 3. The monoisotopic (exact) mass is 360 g/mol. The number of carbonyl (C=O) groups is 2. The average molecular weight is 360 g/mol. The van der Waals surface area contributed by atoms with Gasteiger partial charge < -0.3 is 16.0 Å². The topological polar surface area (TPSA) is 83.1 Å². The zero-order valence-electron chi connectivity index (χ0n) is 15.0. The van der Waals surface area contributed by atoms with Gasteiger partial charge in [0, 0.05) is 25.0 Å². The Kier molecular flexibility index (Phi) is 4.56. The fourth-order valence-corrected chi connectivity index (χ4v) is 3.21. The maximum Gasteiger partial charge on any atom is 0.313 e. The van der Waals surface area contributed by atoms with E-state index in [0.29, 0.717) is 12.2 Å². The highest BCUT2D eigenvalue weighted by atomic mass is 16.2. The first-order valence-electron chi connectivity index (χ1n) is 8.85. The standard InChI is InChI=1S/C21H20N4O2/c1-13-2-4-15-8-18(12-23-19(15)6-13)25-21(27)20(26)24-9-14-3-5-16-10-22-11-17(16)7-14/h2-8,12,22H,9-11H2,1H3,(H,24,26)(H,25,27). The van der Waals surface area contributed by atoms with E-state index in [1.807, 2.05) is 31.2 Å². The molecule has 27 heavy (non-hydrogen) atoms. The van der Waals surface area contributed by atoms with Crippen LogP contribution in [0.25, 0.3) is 10.9 Å². The molecule has 6 heteroatoms. The summed E-state index contributed by atoms with van der Waals surface area (Å²) < 4.78 is 0. The van der Waals surface area contributed by atoms with Crippen molar-refractivity contribution in [1.29, 1.82) is 0 Å². The summed E-state index contributed by atoms with van der Waals surface area (Å²) in [5.74, 6) is -1.37. The number of aryl methyl sites for hydroxylation is 1. The van der Waals surface area contributed by atoms with Crippen LogP contribution in [-0.4, -0.2) is 16.8 Å². The third-order valence-electron chi connectivity index (χ3n) is 4.66. The van der Waals surface area contributed by atoms with Crippen molar-refractivity contribution in [2.24, 2.45) is 0 Å². The van der Waals surface area contributed by atoms with Gasteiger partial charge >= 0.3 is 11.8 Å². The number of hydrogen-bond acceptors (Lipinski definition) is 4. The van der Waals surface area contributed by atoms with Crippen molar-refractivity contribution in [3.05, 3.63) is 70.9 Å². The van der Waals surface area contributed by atoms with Crippen LogP contribution < -0.4 is 16.0 Å². The molecule has 2 heterocycles. The summed E-state index contributed by atoms with van der Waals surface area (Å²) >= 11 is 0. The molecule has 3 N–H and O–H groups in total. The normalized spacial score (nSPS) is 12.6. The molecule has 0 radical (unpaired) electrons. The SMILES string of the molecule is Cc1ccc2cc(NC(=O)C(=O)NCc3ccc4c(c3)CNC4)cnc2c1. The second kappa shape index (κ2) is 7.17. The Labute approximate surface area is 157 Å². The lowest BCUT2D eigenvalue weighted by atomic mass is 10.1. The van der Waals surface area contributed by atoms with E-state index in [4.69, 9.17) is 0 Å². The first kappa shape index (κ1) is 17.2. The summed E-state index contributed by atoms with van der Waals surface area (Å²) in [7, 11) is 0. The van der Waals surface area contributed by atoms with Gasteiger partial charge in [0.2, 0.25) is 0 Å². The number of pyridine rings is 1. The van der Waals surface area contributed by atoms with Crippen molar-refractivity contribution >= 4 is 28.4 Å². The number of nitrogens with one attached hydrogen (secondary N) is 3. The summed E-state index contributed by atoms with van der Waals surface area (Å²) in [6.07, 6.45) is 1.56. The molecule has 6 nitrogen and oxygen atoms in total. The van der Waals surface area contributed by atoms with Crippen LogP contribution in [0.3, 0.4) is 0 Å². The summed E-state index contributed by atoms with van der Waals surface area (Å²) in [6.45, 7) is 4.03. The van der Waals surface area contributed by atoms with Gasteiger partial charge in [0.15, 0.2) is 0 Å². The van der Waals surface area contributed by atoms with Gasteiger partial charge in [-0.2, -0.15) is 0 Å². The molecular weight excluding hydrogens is 340 g/mol. The van der Waals surface area contributed by atoms with Gasteiger partial charge in [0.05, 0.1) is 17.4 Å². The quantitative estimate of drug-likeness (QED) is 0.627. The van der Waals surface area contributed by atoms with Crippen molar-refractivity contribution in [2.45, 2.75) is 26.6 Å². The van der Waals surface area contributed by atoms with E-state index in [1.54, 1.807) is 12.3 Å². The summed E-state index contributed by atoms with van der Waals surface area (Å²) in [6, 6.07) is 13.8. The Morgan fingerprint density at radius 2 is 1.89 bits per heavy atom. The second-order valence-corrected chi connectivity index (χ2v) is 6.76. The maximum atomic E-state index is 12.2. The summed E-state index contributed by atoms with van der Waals surface area (Å²) in [4.78, 5) is 28.6. The Morgan fingerprint density at radius 1 is 1.04 bits per heavy atom. The number of carbonyl (C=O) groups excluding carboxylic acids is 2. The van der Waals surface area contributed by atoms with Crippen LogP contribution in [0.1, 0.15) is 22.3 Å². The van der Waals surface area contributed by atoms with Gasteiger partial charge in [0.1, 0.15) is 0 Å². The Morgan fingerprint density at radius 3 is 2.78 bits per heavy atom. The zero-order chi connectivity index (χ0) is 18.8. The van der Waals surface area contributed by atoms with Gasteiger partial charge in [-0.15, -0.1) is 0 Å². The molecule has 0 unspecified atom stereocenters. The zero-order valence-corrected chi connectivity index (χ0v) is 15.0. The minimum Gasteiger partial charge on any atom is -0.344 e. The van der Waals surface area contributed by atoms with Crippen LogP contribution in [0.4, 0.5) is 5.69 Å². The fraction of sp³-hybridized carbons (Fsp3) is 0.190. The molecule has 0 spiro atoms. The van der Waals surface area contributed by atoms with Gasteiger partial charge in [-0.3, -0.25) is 14.6 Å². The molecule has 1 aliphatic heterocycles. The molecule has 1 aliphatic rings. The smallest absolute Gasteiger partial charge is 0.313 e. The fourth-order valence-electron chi connectivity index (χ4n) is 3.21. The van der Waals surface area contributed by atoms with Crippen LogP contribution in [0.15, 0.2) is 48.7 Å². The van der Waals surface area contributed by atoms with E-state index >= 15 is 0 Å². The van der Waals surface area contributed by atoms with Crippen molar-refractivity contribution in [1.82, 2.24) is 15.6 Å². The average Bonchev–Trinajstić information content (AvgIpc) is 3.14. The molecule has 2 amide bonds. The lowest BCUT2D eigenvalue weighted by Gasteiger charge is -2.08. The summed E-state index contributed by atoms with van der Waals surface area (Å²) in [5.41, 5.74) is 5.96. The van der Waals surface area contributed by atoms with Crippen LogP contribution >= 0.6 is 0 Å². The minimum atomic E-state index is -0.703. The molecule has 0 bridgehead atoms. The van der Waals surface area contributed by atoms with E-state index in [0.717, 1.165) is 35.1 Å². The number of benzene rings is 2. The van der Waals surface area contributed by atoms with Crippen molar-refractivity contribution in [3.63, 3.8) is 0 Å². The van der Waals surface area contributed by atoms with E-state index in [-0.39, 0.29) is 0 Å². The largest absolute Gasteiger partial charge is 0.344 e. The number of anilines is 1. The molecule has 0 atom stereocenters. The van der Waals surface area contributed by atoms with E-state index in [1.165, 1.54) is 11.1 Å². The van der Waals surface area contributed by atoms with Gasteiger partial charge in [-0.1, -0.05) is 30.3 Å². The molecule has 0 saturated carbocycles. The molecule has 1 aromatic heterocycles. The number of nitrogens with zero attached hydrogens (tertiary/aromatic N) is 1. The summed E-state index contributed by atoms with van der Waals surface area (Å²) in [5, 5.41) is 9.46. The number of hydrogen-bond donors (Lipinski definition) is 3. The Balaban J connectivity index is 1.37. The highest BCUT2D eigenvalue weighted by molar-refractivity contribution is 6.39. The number of fused-ring (bicyclic) bond motifs is 2. The van der Waals surface area contributed by atoms with Crippen LogP contribution in [0.2, 0.25) is 0 Å². The molecule has 0 fully saturated rings. The first-order chi connectivity index (χ1) is 13.1. The van der Waals surface area contributed by atoms with Crippen LogP contribution in [0.5, 0.6) is 0 Å². The molecule has 2 aromatic carbocycles. The minimum absolute atomic E-state index is 0.314. The van der Waals surface area contributed by atoms with Crippen molar-refractivity contribution in [3.8, 4) is 0 Å². The number of amides is 2. The third-order valence-corrected chi connectivity index (χ3v) is 4.66. The molecule has 136 valence electrons. The van der Waals surface area contributed by atoms with Crippen molar-refractivity contribution < 1.29 is 9.59 Å². The Hall–Kier alpha value is -3.25. The maximum absolute atomic E-state index is 12.2. The lowest BCUT2D eigenvalue weighted by Crippen LogP contribution is -2.35. The van der Waals surface area contributed by atoms with E-state index < -0.39 is 11.8 Å². The predicted molar refractivity (Wildman–Crippen MR) is 104 cm³/mol. The molecule has 0 saturated heterocycles. The first-order valence-corrected chi connectivity index (χ1v) is 8.85. The predicted octanol–water partition coefficient (Wildman–Crippen LogP) is 2.40. The highest BCUT2D eigenvalue weighted by Crippen LogP contribution is 2.18. The lowest BCUT2D eigenvalue weighted by molar-refractivity contribution is -0.136.